The van der Waals surface area contributed by atoms with Gasteiger partial charge in [-0.15, -0.1) is 0 Å². The Bertz CT molecular complexity index is 617. The zero-order valence-electron chi connectivity index (χ0n) is 11.1. The van der Waals surface area contributed by atoms with Crippen molar-refractivity contribution in [3.8, 4) is 0 Å². The van der Waals surface area contributed by atoms with E-state index in [1.807, 2.05) is 24.3 Å². The Balaban J connectivity index is 1.74. The fraction of sp³-hybridized carbons (Fsp3) is 0.188. The van der Waals surface area contributed by atoms with Crippen LogP contribution < -0.4 is 5.84 Å². The molecule has 1 heterocycles. The summed E-state index contributed by atoms with van der Waals surface area (Å²) < 4.78 is 12.9. The van der Waals surface area contributed by atoms with Crippen LogP contribution in [0.1, 0.15) is 16.7 Å². The lowest BCUT2D eigenvalue weighted by Gasteiger charge is -2.13. The van der Waals surface area contributed by atoms with Gasteiger partial charge in [-0.25, -0.2) is 10.2 Å². The van der Waals surface area contributed by atoms with Crippen LogP contribution in [0, 0.1) is 5.82 Å². The molecule has 20 heavy (non-hydrogen) atoms. The van der Waals surface area contributed by atoms with E-state index in [4.69, 9.17) is 5.84 Å². The maximum atomic E-state index is 12.9. The van der Waals surface area contributed by atoms with E-state index in [9.17, 15) is 4.39 Å². The van der Waals surface area contributed by atoms with Crippen LogP contribution in [0.5, 0.6) is 0 Å². The molecule has 0 radical (unpaired) electrons. The van der Waals surface area contributed by atoms with Gasteiger partial charge in [0, 0.05) is 5.56 Å². The summed E-state index contributed by atoms with van der Waals surface area (Å²) in [5, 5.41) is 1.68. The van der Waals surface area contributed by atoms with Crippen LogP contribution in [-0.2, 0) is 6.42 Å². The molecule has 3 nitrogen and oxygen atoms in total. The van der Waals surface area contributed by atoms with E-state index >= 15 is 0 Å². The summed E-state index contributed by atoms with van der Waals surface area (Å²) in [4.78, 5) is 4.39. The molecule has 0 saturated carbocycles. The average Bonchev–Trinajstić information content (AvgIpc) is 2.89. The lowest BCUT2D eigenvalue weighted by molar-refractivity contribution is 0.484. The third kappa shape index (κ3) is 2.70. The SMILES string of the molecule is NN1CCN=C1c1ccc(Cc2ccc(F)cc2)cc1. The van der Waals surface area contributed by atoms with Crippen LogP contribution in [0.2, 0.25) is 0 Å². The third-order valence-corrected chi connectivity index (χ3v) is 3.41. The summed E-state index contributed by atoms with van der Waals surface area (Å²) in [7, 11) is 0. The number of rotatable bonds is 3. The molecule has 0 spiro atoms. The van der Waals surface area contributed by atoms with Gasteiger partial charge >= 0.3 is 0 Å². The minimum atomic E-state index is -0.202. The number of halogens is 1. The summed E-state index contributed by atoms with van der Waals surface area (Å²) in [5.74, 6) is 6.50. The topological polar surface area (TPSA) is 41.6 Å². The van der Waals surface area contributed by atoms with Crippen molar-refractivity contribution >= 4 is 5.84 Å². The molecular weight excluding hydrogens is 253 g/mol. The van der Waals surface area contributed by atoms with E-state index in [-0.39, 0.29) is 5.82 Å². The smallest absolute Gasteiger partial charge is 0.145 e. The van der Waals surface area contributed by atoms with Crippen LogP contribution in [0.25, 0.3) is 0 Å². The van der Waals surface area contributed by atoms with Gasteiger partial charge in [-0.2, -0.15) is 0 Å². The molecule has 1 aliphatic heterocycles. The standard InChI is InChI=1S/C16H16FN3/c17-15-7-3-13(4-8-15)11-12-1-5-14(6-2-12)16-19-9-10-20(16)18/h1-8H,9-11,18H2. The molecule has 4 heteroatoms. The van der Waals surface area contributed by atoms with Crippen molar-refractivity contribution < 1.29 is 4.39 Å². The van der Waals surface area contributed by atoms with Gasteiger partial charge < -0.3 is 0 Å². The van der Waals surface area contributed by atoms with Crippen molar-refractivity contribution in [3.63, 3.8) is 0 Å². The van der Waals surface area contributed by atoms with Gasteiger partial charge in [0.2, 0.25) is 0 Å². The number of nitrogens with zero attached hydrogens (tertiary/aromatic N) is 2. The molecule has 2 aromatic rings. The molecule has 0 aliphatic carbocycles. The second kappa shape index (κ2) is 5.43. The van der Waals surface area contributed by atoms with Gasteiger partial charge in [-0.3, -0.25) is 10.0 Å². The van der Waals surface area contributed by atoms with E-state index in [1.165, 1.54) is 17.7 Å². The van der Waals surface area contributed by atoms with E-state index in [1.54, 1.807) is 5.01 Å². The van der Waals surface area contributed by atoms with Crippen molar-refractivity contribution in [1.29, 1.82) is 0 Å². The fourth-order valence-corrected chi connectivity index (χ4v) is 2.33. The molecule has 0 aromatic heterocycles. The van der Waals surface area contributed by atoms with Crippen LogP contribution in [-0.4, -0.2) is 23.9 Å². The highest BCUT2D eigenvalue weighted by molar-refractivity contribution is 5.99. The molecule has 0 bridgehead atoms. The second-order valence-corrected chi connectivity index (χ2v) is 4.90. The van der Waals surface area contributed by atoms with Crippen LogP contribution in [0.15, 0.2) is 53.5 Å². The maximum Gasteiger partial charge on any atom is 0.145 e. The lowest BCUT2D eigenvalue weighted by Crippen LogP contribution is -2.34. The number of hydrazine groups is 1. The monoisotopic (exact) mass is 269 g/mol. The molecule has 2 aromatic carbocycles. The van der Waals surface area contributed by atoms with Crippen molar-refractivity contribution in [3.05, 3.63) is 71.0 Å². The summed E-state index contributed by atoms with van der Waals surface area (Å²) in [6.45, 7) is 1.52. The van der Waals surface area contributed by atoms with Gasteiger partial charge in [0.05, 0.1) is 13.1 Å². The van der Waals surface area contributed by atoms with E-state index in [0.717, 1.165) is 36.5 Å². The van der Waals surface area contributed by atoms with Gasteiger partial charge in [0.25, 0.3) is 0 Å². The third-order valence-electron chi connectivity index (χ3n) is 3.41. The Morgan fingerprint density at radius 2 is 1.60 bits per heavy atom. The van der Waals surface area contributed by atoms with Gasteiger partial charge in [-0.05, 0) is 29.7 Å². The van der Waals surface area contributed by atoms with E-state index in [2.05, 4.69) is 17.1 Å². The normalized spacial score (nSPS) is 14.5. The Hall–Kier alpha value is -2.20. The van der Waals surface area contributed by atoms with Crippen LogP contribution in [0.4, 0.5) is 4.39 Å². The molecule has 3 rings (SSSR count). The number of hydrogen-bond donors (Lipinski definition) is 1. The highest BCUT2D eigenvalue weighted by Gasteiger charge is 2.14. The number of amidine groups is 1. The molecule has 2 N–H and O–H groups in total. The van der Waals surface area contributed by atoms with E-state index < -0.39 is 0 Å². The summed E-state index contributed by atoms with van der Waals surface area (Å²) in [6.07, 6.45) is 0.791. The summed E-state index contributed by atoms with van der Waals surface area (Å²) in [6, 6.07) is 14.8. The molecule has 0 atom stereocenters. The Kier molecular flexibility index (Phi) is 3.48. The fourth-order valence-electron chi connectivity index (χ4n) is 2.33. The number of benzene rings is 2. The lowest BCUT2D eigenvalue weighted by atomic mass is 10.0. The van der Waals surface area contributed by atoms with Crippen molar-refractivity contribution in [2.24, 2.45) is 10.8 Å². The zero-order chi connectivity index (χ0) is 13.9. The average molecular weight is 269 g/mol. The van der Waals surface area contributed by atoms with Crippen molar-refractivity contribution in [1.82, 2.24) is 5.01 Å². The largest absolute Gasteiger partial charge is 0.293 e. The zero-order valence-corrected chi connectivity index (χ0v) is 11.1. The number of nitrogens with two attached hydrogens (primary N) is 1. The number of aliphatic imine (C=N–C) groups is 1. The van der Waals surface area contributed by atoms with Gasteiger partial charge in [0.15, 0.2) is 0 Å². The Morgan fingerprint density at radius 1 is 1.00 bits per heavy atom. The maximum absolute atomic E-state index is 12.9. The second-order valence-electron chi connectivity index (χ2n) is 4.90. The molecular formula is C16H16FN3. The van der Waals surface area contributed by atoms with Crippen LogP contribution in [0.3, 0.4) is 0 Å². The van der Waals surface area contributed by atoms with Gasteiger partial charge in [0.1, 0.15) is 11.7 Å². The quantitative estimate of drug-likeness (QED) is 0.869. The molecule has 0 unspecified atom stereocenters. The first-order valence-electron chi connectivity index (χ1n) is 6.63. The predicted molar refractivity (Wildman–Crippen MR) is 77.9 cm³/mol. The molecule has 0 amide bonds. The number of hydrogen-bond acceptors (Lipinski definition) is 3. The molecule has 1 aliphatic rings. The Morgan fingerprint density at radius 3 is 2.15 bits per heavy atom. The minimum Gasteiger partial charge on any atom is -0.293 e. The van der Waals surface area contributed by atoms with Crippen molar-refractivity contribution in [2.45, 2.75) is 6.42 Å². The first kappa shape index (κ1) is 12.8. The Labute approximate surface area is 117 Å². The highest BCUT2D eigenvalue weighted by Crippen LogP contribution is 2.14. The molecule has 102 valence electrons. The highest BCUT2D eigenvalue weighted by atomic mass is 19.1. The minimum absolute atomic E-state index is 0.202. The van der Waals surface area contributed by atoms with E-state index in [0.29, 0.717) is 0 Å². The molecule has 0 fully saturated rings. The summed E-state index contributed by atoms with van der Waals surface area (Å²) in [5.41, 5.74) is 3.31. The predicted octanol–water partition coefficient (Wildman–Crippen LogP) is 2.35. The first-order chi connectivity index (χ1) is 9.72. The van der Waals surface area contributed by atoms with Crippen LogP contribution >= 0.6 is 0 Å². The molecule has 0 saturated heterocycles. The van der Waals surface area contributed by atoms with Crippen molar-refractivity contribution in [2.75, 3.05) is 13.1 Å². The van der Waals surface area contributed by atoms with Gasteiger partial charge in [-0.1, -0.05) is 36.4 Å². The first-order valence-corrected chi connectivity index (χ1v) is 6.63. The summed E-state index contributed by atoms with van der Waals surface area (Å²) >= 11 is 0.